The Morgan fingerprint density at radius 2 is 1.82 bits per heavy atom. The number of hydrogen-bond donors (Lipinski definition) is 2. The molecule has 5 nitrogen and oxygen atoms in total. The van der Waals surface area contributed by atoms with Gasteiger partial charge in [-0.3, -0.25) is 14.6 Å². The lowest BCUT2D eigenvalue weighted by molar-refractivity contribution is -0.139. The normalized spacial score (nSPS) is 19.0. The molecule has 1 aliphatic rings. The number of carbonyl (C=O) groups is 1. The molecule has 0 radical (unpaired) electrons. The fourth-order valence-corrected chi connectivity index (χ4v) is 3.11. The van der Waals surface area contributed by atoms with Crippen LogP contribution < -0.4 is 5.73 Å². The van der Waals surface area contributed by atoms with Crippen LogP contribution in [0.15, 0.2) is 30.3 Å². The average Bonchev–Trinajstić information content (AvgIpc) is 2.48. The summed E-state index contributed by atoms with van der Waals surface area (Å²) >= 11 is 0. The first kappa shape index (κ1) is 16.9. The number of benzene rings is 1. The van der Waals surface area contributed by atoms with Gasteiger partial charge in [-0.25, -0.2) is 0 Å². The van der Waals surface area contributed by atoms with Gasteiger partial charge < -0.3 is 10.8 Å². The Balaban J connectivity index is 1.84. The highest BCUT2D eigenvalue weighted by Gasteiger charge is 2.33. The molecule has 3 N–H and O–H groups in total. The number of aliphatic carboxylic acids is 1. The maximum atomic E-state index is 11.0. The van der Waals surface area contributed by atoms with Crippen LogP contribution in [0.4, 0.5) is 0 Å². The van der Waals surface area contributed by atoms with Crippen molar-refractivity contribution in [1.82, 2.24) is 9.80 Å². The molecule has 22 heavy (non-hydrogen) atoms. The summed E-state index contributed by atoms with van der Waals surface area (Å²) in [6.07, 6.45) is 0.473. The van der Waals surface area contributed by atoms with Crippen molar-refractivity contribution in [3.05, 3.63) is 35.9 Å². The predicted octanol–water partition coefficient (Wildman–Crippen LogP) is 1.38. The SMILES string of the molecule is CC(C)(CC(N)C(=O)O)N1CCN(Cc2ccccc2)CC1. The number of piperazine rings is 1. The van der Waals surface area contributed by atoms with Gasteiger partial charge in [0.05, 0.1) is 0 Å². The van der Waals surface area contributed by atoms with Crippen molar-refractivity contribution in [3.8, 4) is 0 Å². The van der Waals surface area contributed by atoms with E-state index in [1.54, 1.807) is 0 Å². The Morgan fingerprint density at radius 3 is 2.36 bits per heavy atom. The standard InChI is InChI=1S/C17H27N3O2/c1-17(2,12-15(18)16(21)22)20-10-8-19(9-11-20)13-14-6-4-3-5-7-14/h3-7,15H,8-13,18H2,1-2H3,(H,21,22). The van der Waals surface area contributed by atoms with E-state index >= 15 is 0 Å². The molecule has 1 aromatic rings. The van der Waals surface area contributed by atoms with E-state index in [4.69, 9.17) is 10.8 Å². The highest BCUT2D eigenvalue weighted by molar-refractivity contribution is 5.73. The molecule has 122 valence electrons. The number of nitrogens with two attached hydrogens (primary N) is 1. The van der Waals surface area contributed by atoms with E-state index in [0.717, 1.165) is 32.7 Å². The molecule has 2 rings (SSSR count). The van der Waals surface area contributed by atoms with Gasteiger partial charge in [-0.05, 0) is 25.8 Å². The summed E-state index contributed by atoms with van der Waals surface area (Å²) in [5.41, 5.74) is 6.85. The molecule has 1 fully saturated rings. The first-order chi connectivity index (χ1) is 10.4. The zero-order valence-corrected chi connectivity index (χ0v) is 13.5. The van der Waals surface area contributed by atoms with Gasteiger partial charge in [0.2, 0.25) is 0 Å². The van der Waals surface area contributed by atoms with Gasteiger partial charge in [0, 0.05) is 38.3 Å². The third-order valence-corrected chi connectivity index (χ3v) is 4.51. The summed E-state index contributed by atoms with van der Waals surface area (Å²) in [6.45, 7) is 9.05. The first-order valence-electron chi connectivity index (χ1n) is 7.88. The van der Waals surface area contributed by atoms with Gasteiger partial charge in [-0.15, -0.1) is 0 Å². The minimum Gasteiger partial charge on any atom is -0.480 e. The molecule has 1 saturated heterocycles. The second kappa shape index (κ2) is 7.22. The molecule has 0 spiro atoms. The van der Waals surface area contributed by atoms with Crippen LogP contribution in [0.1, 0.15) is 25.8 Å². The van der Waals surface area contributed by atoms with Crippen molar-refractivity contribution in [1.29, 1.82) is 0 Å². The Morgan fingerprint density at radius 1 is 1.23 bits per heavy atom. The molecular formula is C17H27N3O2. The lowest BCUT2D eigenvalue weighted by Crippen LogP contribution is -2.56. The smallest absolute Gasteiger partial charge is 0.320 e. The van der Waals surface area contributed by atoms with E-state index < -0.39 is 12.0 Å². The number of carboxylic acids is 1. The lowest BCUT2D eigenvalue weighted by Gasteiger charge is -2.44. The van der Waals surface area contributed by atoms with Gasteiger partial charge >= 0.3 is 5.97 Å². The highest BCUT2D eigenvalue weighted by Crippen LogP contribution is 2.22. The van der Waals surface area contributed by atoms with Crippen LogP contribution in [-0.2, 0) is 11.3 Å². The van der Waals surface area contributed by atoms with Gasteiger partial charge in [0.25, 0.3) is 0 Å². The van der Waals surface area contributed by atoms with Crippen LogP contribution in [0.2, 0.25) is 0 Å². The van der Waals surface area contributed by atoms with Crippen LogP contribution >= 0.6 is 0 Å². The highest BCUT2D eigenvalue weighted by atomic mass is 16.4. The van der Waals surface area contributed by atoms with Crippen molar-refractivity contribution in [2.45, 2.75) is 38.4 Å². The van der Waals surface area contributed by atoms with Crippen LogP contribution in [0.25, 0.3) is 0 Å². The summed E-state index contributed by atoms with van der Waals surface area (Å²) in [4.78, 5) is 15.8. The molecule has 1 heterocycles. The van der Waals surface area contributed by atoms with Crippen molar-refractivity contribution in [2.24, 2.45) is 5.73 Å². The number of hydrogen-bond acceptors (Lipinski definition) is 4. The fourth-order valence-electron chi connectivity index (χ4n) is 3.11. The number of nitrogens with zero attached hydrogens (tertiary/aromatic N) is 2. The molecule has 0 aromatic heterocycles. The predicted molar refractivity (Wildman–Crippen MR) is 87.6 cm³/mol. The zero-order valence-electron chi connectivity index (χ0n) is 13.5. The minimum absolute atomic E-state index is 0.184. The molecule has 1 atom stereocenters. The molecule has 1 aromatic carbocycles. The molecule has 0 amide bonds. The summed E-state index contributed by atoms with van der Waals surface area (Å²) in [7, 11) is 0. The molecule has 0 bridgehead atoms. The Bertz CT molecular complexity index is 482. The topological polar surface area (TPSA) is 69.8 Å². The second-order valence-electron chi connectivity index (χ2n) is 6.71. The van der Waals surface area contributed by atoms with E-state index in [1.807, 2.05) is 6.07 Å². The van der Waals surface area contributed by atoms with Crippen LogP contribution in [-0.4, -0.2) is 58.6 Å². The van der Waals surface area contributed by atoms with Gasteiger partial charge in [-0.1, -0.05) is 30.3 Å². The molecular weight excluding hydrogens is 278 g/mol. The van der Waals surface area contributed by atoms with Crippen LogP contribution in [0.3, 0.4) is 0 Å². The van der Waals surface area contributed by atoms with Crippen molar-refractivity contribution >= 4 is 5.97 Å². The molecule has 1 unspecified atom stereocenters. The van der Waals surface area contributed by atoms with Crippen molar-refractivity contribution in [2.75, 3.05) is 26.2 Å². The van der Waals surface area contributed by atoms with Crippen LogP contribution in [0, 0.1) is 0 Å². The number of carboxylic acid groups (broad SMARTS) is 1. The molecule has 5 heteroatoms. The summed E-state index contributed by atoms with van der Waals surface area (Å²) in [5.74, 6) is -0.921. The van der Waals surface area contributed by atoms with Crippen molar-refractivity contribution in [3.63, 3.8) is 0 Å². The monoisotopic (exact) mass is 305 g/mol. The van der Waals surface area contributed by atoms with E-state index in [1.165, 1.54) is 5.56 Å². The first-order valence-corrected chi connectivity index (χ1v) is 7.88. The van der Waals surface area contributed by atoms with Crippen molar-refractivity contribution < 1.29 is 9.90 Å². The summed E-state index contributed by atoms with van der Waals surface area (Å²) in [6, 6.07) is 9.70. The number of rotatable bonds is 6. The second-order valence-corrected chi connectivity index (χ2v) is 6.71. The maximum Gasteiger partial charge on any atom is 0.320 e. The van der Waals surface area contributed by atoms with E-state index in [0.29, 0.717) is 6.42 Å². The average molecular weight is 305 g/mol. The quantitative estimate of drug-likeness (QED) is 0.831. The van der Waals surface area contributed by atoms with E-state index in [9.17, 15) is 4.79 Å². The zero-order chi connectivity index (χ0) is 16.2. The largest absolute Gasteiger partial charge is 0.480 e. The van der Waals surface area contributed by atoms with E-state index in [-0.39, 0.29) is 5.54 Å². The van der Waals surface area contributed by atoms with Crippen LogP contribution in [0.5, 0.6) is 0 Å². The van der Waals surface area contributed by atoms with E-state index in [2.05, 4.69) is 47.9 Å². The third kappa shape index (κ3) is 4.53. The third-order valence-electron chi connectivity index (χ3n) is 4.51. The molecule has 1 aliphatic heterocycles. The van der Waals surface area contributed by atoms with Gasteiger partial charge in [0.15, 0.2) is 0 Å². The summed E-state index contributed by atoms with van der Waals surface area (Å²) in [5, 5.41) is 9.00. The Hall–Kier alpha value is -1.43. The van der Waals surface area contributed by atoms with Gasteiger partial charge in [-0.2, -0.15) is 0 Å². The maximum absolute atomic E-state index is 11.0. The molecule has 0 saturated carbocycles. The molecule has 0 aliphatic carbocycles. The lowest BCUT2D eigenvalue weighted by atomic mass is 9.92. The fraction of sp³-hybridized carbons (Fsp3) is 0.588. The Kier molecular flexibility index (Phi) is 5.56. The minimum atomic E-state index is -0.921. The van der Waals surface area contributed by atoms with Gasteiger partial charge in [0.1, 0.15) is 6.04 Å². The summed E-state index contributed by atoms with van der Waals surface area (Å²) < 4.78 is 0. The Labute approximate surface area is 132 Å².